The van der Waals surface area contributed by atoms with Crippen LogP contribution in [0.4, 0.5) is 0 Å². The van der Waals surface area contributed by atoms with E-state index in [9.17, 15) is 14.7 Å². The van der Waals surface area contributed by atoms with Crippen molar-refractivity contribution in [2.24, 2.45) is 0 Å². The quantitative estimate of drug-likeness (QED) is 0.581. The molecule has 142 valence electrons. The fourth-order valence-electron chi connectivity index (χ4n) is 4.61. The summed E-state index contributed by atoms with van der Waals surface area (Å²) in [6, 6.07) is 9.48. The van der Waals surface area contributed by atoms with Gasteiger partial charge >= 0.3 is 0 Å². The van der Waals surface area contributed by atoms with E-state index in [1.807, 2.05) is 24.3 Å². The van der Waals surface area contributed by atoms with Crippen LogP contribution in [0.3, 0.4) is 0 Å². The van der Waals surface area contributed by atoms with E-state index in [-0.39, 0.29) is 24.2 Å². The van der Waals surface area contributed by atoms with Crippen molar-refractivity contribution < 1.29 is 14.6 Å². The molecule has 6 heteroatoms. The third-order valence-electron chi connectivity index (χ3n) is 6.12. The number of methoxy groups -OCH3 is 1. The lowest BCUT2D eigenvalue weighted by molar-refractivity contribution is -0.140. The van der Waals surface area contributed by atoms with Gasteiger partial charge in [-0.25, -0.2) is 4.98 Å². The normalized spacial score (nSPS) is 20.0. The number of aliphatic hydroxyl groups is 1. The number of fused-ring (bicyclic) bond motifs is 5. The van der Waals surface area contributed by atoms with E-state index in [1.165, 1.54) is 0 Å². The molecule has 0 saturated carbocycles. The van der Waals surface area contributed by atoms with Gasteiger partial charge in [0.25, 0.3) is 5.56 Å². The molecule has 0 spiro atoms. The number of rotatable bonds is 2. The van der Waals surface area contributed by atoms with Gasteiger partial charge in [-0.3, -0.25) is 9.59 Å². The van der Waals surface area contributed by atoms with Crippen LogP contribution in [0, 0.1) is 0 Å². The number of aromatic nitrogens is 2. The number of Topliss-reactive ketones (excluding diaryl/α,β-unsaturated/α-hetero) is 1. The molecule has 0 unspecified atom stereocenters. The maximum absolute atomic E-state index is 13.2. The van der Waals surface area contributed by atoms with Crippen molar-refractivity contribution in [2.45, 2.75) is 38.3 Å². The van der Waals surface area contributed by atoms with E-state index in [0.29, 0.717) is 41.2 Å². The van der Waals surface area contributed by atoms with Crippen LogP contribution in [-0.4, -0.2) is 27.6 Å². The van der Waals surface area contributed by atoms with Crippen LogP contribution in [-0.2, 0) is 23.4 Å². The SMILES string of the molecule is CC[C@@]1(O)C(=O)CCc2c1cc1n(c2=O)Cc2c-1nc1ccccc1c2OC. The topological polar surface area (TPSA) is 81.4 Å². The predicted octanol–water partition coefficient (Wildman–Crippen LogP) is 2.55. The Morgan fingerprint density at radius 2 is 2.00 bits per heavy atom. The smallest absolute Gasteiger partial charge is 0.254 e. The number of hydrogen-bond acceptors (Lipinski definition) is 5. The standard InChI is InChI=1S/C22H20N2O4/c1-3-22(27)15-10-17-19-14(11-24(17)21(26)12(15)8-9-18(22)25)20(28-2)13-6-4-5-7-16(13)23-19/h4-7,10,27H,3,8-9,11H2,1-2H3/t22-/m0/s1. The van der Waals surface area contributed by atoms with Gasteiger partial charge < -0.3 is 14.4 Å². The second-order valence-electron chi connectivity index (χ2n) is 7.44. The number of nitrogens with zero attached hydrogens (tertiary/aromatic N) is 2. The Balaban J connectivity index is 1.84. The van der Waals surface area contributed by atoms with Crippen LogP contribution in [0.25, 0.3) is 22.3 Å². The molecule has 3 aromatic rings. The Bertz CT molecular complexity index is 1230. The average molecular weight is 376 g/mol. The van der Waals surface area contributed by atoms with Gasteiger partial charge in [-0.1, -0.05) is 19.1 Å². The molecule has 6 nitrogen and oxygen atoms in total. The highest BCUT2D eigenvalue weighted by Crippen LogP contribution is 2.42. The first-order chi connectivity index (χ1) is 13.5. The molecule has 1 N–H and O–H groups in total. The first-order valence-corrected chi connectivity index (χ1v) is 9.48. The van der Waals surface area contributed by atoms with Gasteiger partial charge in [-0.15, -0.1) is 0 Å². The van der Waals surface area contributed by atoms with Crippen molar-refractivity contribution in [3.05, 3.63) is 57.4 Å². The van der Waals surface area contributed by atoms with Crippen molar-refractivity contribution in [3.8, 4) is 17.1 Å². The number of hydrogen-bond donors (Lipinski definition) is 1. The molecule has 3 heterocycles. The number of carbonyl (C=O) groups excluding carboxylic acids is 1. The molecule has 5 rings (SSSR count). The summed E-state index contributed by atoms with van der Waals surface area (Å²) < 4.78 is 7.37. The van der Waals surface area contributed by atoms with Gasteiger partial charge in [0.05, 0.1) is 30.6 Å². The molecule has 1 aliphatic carbocycles. The van der Waals surface area contributed by atoms with Crippen molar-refractivity contribution in [1.82, 2.24) is 9.55 Å². The van der Waals surface area contributed by atoms with Crippen LogP contribution in [0.5, 0.6) is 5.75 Å². The summed E-state index contributed by atoms with van der Waals surface area (Å²) >= 11 is 0. The van der Waals surface area contributed by atoms with Crippen LogP contribution >= 0.6 is 0 Å². The second-order valence-corrected chi connectivity index (χ2v) is 7.44. The minimum absolute atomic E-state index is 0.156. The fraction of sp³-hybridized carbons (Fsp3) is 0.318. The van der Waals surface area contributed by atoms with Crippen LogP contribution < -0.4 is 10.3 Å². The molecule has 2 aliphatic rings. The van der Waals surface area contributed by atoms with Gasteiger partial charge in [-0.2, -0.15) is 0 Å². The van der Waals surface area contributed by atoms with E-state index in [0.717, 1.165) is 16.5 Å². The summed E-state index contributed by atoms with van der Waals surface area (Å²) in [6.45, 7) is 2.14. The minimum atomic E-state index is -1.61. The largest absolute Gasteiger partial charge is 0.496 e. The predicted molar refractivity (Wildman–Crippen MR) is 105 cm³/mol. The van der Waals surface area contributed by atoms with E-state index >= 15 is 0 Å². The van der Waals surface area contributed by atoms with E-state index < -0.39 is 5.60 Å². The summed E-state index contributed by atoms with van der Waals surface area (Å²) in [6.07, 6.45) is 0.784. The monoisotopic (exact) mass is 376 g/mol. The highest BCUT2D eigenvalue weighted by Gasteiger charge is 2.43. The maximum atomic E-state index is 13.2. The molecule has 0 radical (unpaired) electrons. The summed E-state index contributed by atoms with van der Waals surface area (Å²) in [7, 11) is 1.62. The number of carbonyl (C=O) groups is 1. The van der Waals surface area contributed by atoms with Gasteiger partial charge in [0.2, 0.25) is 0 Å². The lowest BCUT2D eigenvalue weighted by atomic mass is 9.77. The number of para-hydroxylation sites is 1. The molecule has 2 aromatic heterocycles. The van der Waals surface area contributed by atoms with Crippen molar-refractivity contribution in [3.63, 3.8) is 0 Å². The van der Waals surface area contributed by atoms with E-state index in [1.54, 1.807) is 24.7 Å². The molecular weight excluding hydrogens is 356 g/mol. The molecule has 0 amide bonds. The molecule has 0 saturated heterocycles. The highest BCUT2D eigenvalue weighted by molar-refractivity contribution is 5.93. The minimum Gasteiger partial charge on any atom is -0.496 e. The Morgan fingerprint density at radius 1 is 1.21 bits per heavy atom. The first-order valence-electron chi connectivity index (χ1n) is 9.48. The first kappa shape index (κ1) is 17.1. The molecule has 1 aromatic carbocycles. The lowest BCUT2D eigenvalue weighted by Gasteiger charge is -2.32. The van der Waals surface area contributed by atoms with Crippen LogP contribution in [0.1, 0.15) is 36.5 Å². The molecule has 1 aliphatic heterocycles. The van der Waals surface area contributed by atoms with Gasteiger partial charge in [0, 0.05) is 28.5 Å². The Labute approximate surface area is 161 Å². The van der Waals surface area contributed by atoms with E-state index in [4.69, 9.17) is 9.72 Å². The van der Waals surface area contributed by atoms with Crippen molar-refractivity contribution in [2.75, 3.05) is 7.11 Å². The number of ether oxygens (including phenoxy) is 1. The molecule has 0 fully saturated rings. The molecule has 0 bridgehead atoms. The Morgan fingerprint density at radius 3 is 2.75 bits per heavy atom. The van der Waals surface area contributed by atoms with Gasteiger partial charge in [-0.05, 0) is 31.0 Å². The zero-order valence-electron chi connectivity index (χ0n) is 15.8. The average Bonchev–Trinajstić information content (AvgIpc) is 3.08. The third-order valence-corrected chi connectivity index (χ3v) is 6.12. The zero-order valence-corrected chi connectivity index (χ0v) is 15.8. The number of ketones is 1. The molecule has 28 heavy (non-hydrogen) atoms. The Hall–Kier alpha value is -2.99. The summed E-state index contributed by atoms with van der Waals surface area (Å²) in [5.74, 6) is 0.484. The lowest BCUT2D eigenvalue weighted by Crippen LogP contribution is -2.43. The maximum Gasteiger partial charge on any atom is 0.254 e. The number of benzene rings is 1. The Kier molecular flexibility index (Phi) is 3.52. The number of pyridine rings is 2. The highest BCUT2D eigenvalue weighted by atomic mass is 16.5. The van der Waals surface area contributed by atoms with Gasteiger partial charge in [0.15, 0.2) is 5.78 Å². The summed E-state index contributed by atoms with van der Waals surface area (Å²) in [5.41, 5.74) is 2.14. The fourth-order valence-corrected chi connectivity index (χ4v) is 4.61. The molecule has 1 atom stereocenters. The van der Waals surface area contributed by atoms with E-state index in [2.05, 4.69) is 0 Å². The van der Waals surface area contributed by atoms with Crippen molar-refractivity contribution in [1.29, 1.82) is 0 Å². The third kappa shape index (κ3) is 2.04. The summed E-state index contributed by atoms with van der Waals surface area (Å²) in [5, 5.41) is 11.9. The second kappa shape index (κ2) is 5.75. The zero-order chi connectivity index (χ0) is 19.6. The van der Waals surface area contributed by atoms with Crippen LogP contribution in [0.15, 0.2) is 35.1 Å². The summed E-state index contributed by atoms with van der Waals surface area (Å²) in [4.78, 5) is 30.5. The molecular formula is C22H20N2O4. The van der Waals surface area contributed by atoms with Crippen molar-refractivity contribution >= 4 is 16.7 Å². The van der Waals surface area contributed by atoms with Crippen LogP contribution in [0.2, 0.25) is 0 Å². The van der Waals surface area contributed by atoms with Gasteiger partial charge in [0.1, 0.15) is 11.4 Å².